The van der Waals surface area contributed by atoms with Crippen LogP contribution in [0.5, 0.6) is 5.75 Å². The Balaban J connectivity index is 1.86. The number of benzene rings is 2. The van der Waals surface area contributed by atoms with Gasteiger partial charge in [0.2, 0.25) is 5.91 Å². The van der Waals surface area contributed by atoms with Gasteiger partial charge in [0.15, 0.2) is 5.13 Å². The number of carbonyl (C=O) groups is 1. The normalized spacial score (nSPS) is 11.4. The fourth-order valence-electron chi connectivity index (χ4n) is 2.28. The van der Waals surface area contributed by atoms with Crippen molar-refractivity contribution in [1.82, 2.24) is 4.98 Å². The number of thiazole rings is 1. The van der Waals surface area contributed by atoms with E-state index in [9.17, 15) is 13.2 Å². The van der Waals surface area contributed by atoms with Crippen LogP contribution in [0.3, 0.4) is 0 Å². The number of halogens is 1. The molecule has 0 fully saturated rings. The fourth-order valence-corrected chi connectivity index (χ4v) is 4.60. The number of ether oxygens (including phenoxy) is 1. The summed E-state index contributed by atoms with van der Waals surface area (Å²) in [5.74, 6) is 0.259. The largest absolute Gasteiger partial charge is 0.495 e. The monoisotopic (exact) mass is 425 g/mol. The van der Waals surface area contributed by atoms with Crippen molar-refractivity contribution in [1.29, 1.82) is 0 Å². The Morgan fingerprint density at radius 2 is 2.04 bits per heavy atom. The van der Waals surface area contributed by atoms with Crippen molar-refractivity contribution >= 4 is 59.9 Å². The summed E-state index contributed by atoms with van der Waals surface area (Å²) in [7, 11) is -2.37. The predicted molar refractivity (Wildman–Crippen MR) is 107 cm³/mol. The third-order valence-electron chi connectivity index (χ3n) is 3.64. The van der Waals surface area contributed by atoms with E-state index >= 15 is 0 Å². The molecule has 0 aliphatic heterocycles. The number of nitrogens with zero attached hydrogens (tertiary/aromatic N) is 1. The maximum Gasteiger partial charge on any atom is 0.261 e. The highest BCUT2D eigenvalue weighted by Crippen LogP contribution is 2.31. The summed E-state index contributed by atoms with van der Waals surface area (Å²) in [6.45, 7) is 1.75. The first kappa shape index (κ1) is 19.4. The number of methoxy groups -OCH3 is 1. The molecular weight excluding hydrogens is 410 g/mol. The molecule has 3 aromatic rings. The van der Waals surface area contributed by atoms with Crippen LogP contribution in [0, 0.1) is 0 Å². The third kappa shape index (κ3) is 4.32. The molecule has 2 aromatic carbocycles. The van der Waals surface area contributed by atoms with Gasteiger partial charge in [-0.1, -0.05) is 29.9 Å². The molecule has 3 rings (SSSR count). The minimum atomic E-state index is -3.82. The molecule has 0 atom stereocenters. The summed E-state index contributed by atoms with van der Waals surface area (Å²) in [6, 6.07) is 9.19. The fraction of sp³-hybridized carbons (Fsp3) is 0.176. The number of aromatic nitrogens is 1. The zero-order valence-electron chi connectivity index (χ0n) is 14.4. The number of sulfonamides is 1. The van der Waals surface area contributed by atoms with Gasteiger partial charge in [0.25, 0.3) is 10.0 Å². The van der Waals surface area contributed by atoms with Gasteiger partial charge in [0, 0.05) is 6.42 Å². The first-order chi connectivity index (χ1) is 12.8. The smallest absolute Gasteiger partial charge is 0.261 e. The van der Waals surface area contributed by atoms with Gasteiger partial charge in [0.1, 0.15) is 5.75 Å². The predicted octanol–water partition coefficient (Wildman–Crippen LogP) is 4.11. The molecule has 0 aliphatic carbocycles. The van der Waals surface area contributed by atoms with Crippen molar-refractivity contribution in [3.8, 4) is 5.75 Å². The van der Waals surface area contributed by atoms with Crippen molar-refractivity contribution in [2.75, 3.05) is 17.1 Å². The lowest BCUT2D eigenvalue weighted by molar-refractivity contribution is -0.115. The Labute approximate surface area is 165 Å². The van der Waals surface area contributed by atoms with Crippen LogP contribution in [0.25, 0.3) is 10.2 Å². The minimum Gasteiger partial charge on any atom is -0.495 e. The Bertz CT molecular complexity index is 1110. The van der Waals surface area contributed by atoms with Crippen molar-refractivity contribution in [3.05, 3.63) is 41.4 Å². The topological polar surface area (TPSA) is 97.4 Å². The molecule has 142 valence electrons. The van der Waals surface area contributed by atoms with Crippen LogP contribution >= 0.6 is 22.9 Å². The lowest BCUT2D eigenvalue weighted by Crippen LogP contribution is -2.12. The minimum absolute atomic E-state index is 0.0219. The van der Waals surface area contributed by atoms with Crippen LogP contribution in [0.15, 0.2) is 41.3 Å². The van der Waals surface area contributed by atoms with Gasteiger partial charge >= 0.3 is 0 Å². The van der Waals surface area contributed by atoms with Gasteiger partial charge in [-0.05, 0) is 36.4 Å². The molecule has 2 N–H and O–H groups in total. The van der Waals surface area contributed by atoms with Crippen LogP contribution in [0.2, 0.25) is 5.02 Å². The highest BCUT2D eigenvalue weighted by molar-refractivity contribution is 7.92. The molecule has 27 heavy (non-hydrogen) atoms. The van der Waals surface area contributed by atoms with E-state index < -0.39 is 10.0 Å². The molecular formula is C17H16ClN3O4S2. The van der Waals surface area contributed by atoms with E-state index in [0.717, 1.165) is 4.70 Å². The quantitative estimate of drug-likeness (QED) is 0.619. The van der Waals surface area contributed by atoms with E-state index in [-0.39, 0.29) is 15.8 Å². The molecule has 0 bridgehead atoms. The van der Waals surface area contributed by atoms with Crippen molar-refractivity contribution < 1.29 is 17.9 Å². The Kier molecular flexibility index (Phi) is 5.54. The number of anilines is 2. The van der Waals surface area contributed by atoms with E-state index in [1.165, 1.54) is 36.6 Å². The van der Waals surface area contributed by atoms with E-state index in [2.05, 4.69) is 15.0 Å². The second-order valence-electron chi connectivity index (χ2n) is 5.51. The molecule has 1 heterocycles. The number of hydrogen-bond acceptors (Lipinski definition) is 6. The van der Waals surface area contributed by atoms with E-state index in [4.69, 9.17) is 16.3 Å². The maximum atomic E-state index is 12.6. The van der Waals surface area contributed by atoms with Gasteiger partial charge in [-0.3, -0.25) is 9.52 Å². The van der Waals surface area contributed by atoms with E-state index in [1.54, 1.807) is 25.1 Å². The number of fused-ring (bicyclic) bond motifs is 1. The van der Waals surface area contributed by atoms with Crippen LogP contribution in [-0.4, -0.2) is 26.4 Å². The zero-order chi connectivity index (χ0) is 19.6. The molecule has 0 spiro atoms. The number of hydrogen-bond donors (Lipinski definition) is 2. The Morgan fingerprint density at radius 1 is 1.26 bits per heavy atom. The van der Waals surface area contributed by atoms with E-state index in [1.807, 2.05) is 0 Å². The molecule has 0 saturated heterocycles. The molecule has 7 nitrogen and oxygen atoms in total. The number of rotatable bonds is 6. The molecule has 1 amide bonds. The van der Waals surface area contributed by atoms with Crippen LogP contribution in [0.4, 0.5) is 10.8 Å². The lowest BCUT2D eigenvalue weighted by atomic mass is 10.3. The molecule has 1 aromatic heterocycles. The summed E-state index contributed by atoms with van der Waals surface area (Å²) in [5.41, 5.74) is 1.05. The first-order valence-corrected chi connectivity index (χ1v) is 10.6. The summed E-state index contributed by atoms with van der Waals surface area (Å²) in [5, 5.41) is 3.37. The van der Waals surface area contributed by atoms with Crippen LogP contribution < -0.4 is 14.8 Å². The average molecular weight is 426 g/mol. The Hall–Kier alpha value is -2.36. The summed E-state index contributed by atoms with van der Waals surface area (Å²) >= 11 is 7.28. The summed E-state index contributed by atoms with van der Waals surface area (Å²) in [4.78, 5) is 15.8. The van der Waals surface area contributed by atoms with Gasteiger partial charge < -0.3 is 10.1 Å². The van der Waals surface area contributed by atoms with Crippen molar-refractivity contribution in [3.63, 3.8) is 0 Å². The molecule has 10 heteroatoms. The number of nitrogens with one attached hydrogen (secondary N) is 2. The number of carbonyl (C=O) groups excluding carboxylic acids is 1. The summed E-state index contributed by atoms with van der Waals surface area (Å²) in [6.07, 6.45) is 0.353. The van der Waals surface area contributed by atoms with Crippen molar-refractivity contribution in [2.24, 2.45) is 0 Å². The van der Waals surface area contributed by atoms with Gasteiger partial charge in [-0.15, -0.1) is 0 Å². The van der Waals surface area contributed by atoms with Crippen LogP contribution in [-0.2, 0) is 14.8 Å². The molecule has 0 unspecified atom stereocenters. The average Bonchev–Trinajstić information content (AvgIpc) is 3.02. The second kappa shape index (κ2) is 7.71. The standard InChI is InChI=1S/C17H16ClN3O4S2/c1-3-16(22)20-17-19-13-6-4-10(8-15(13)26-17)21-27(23,24)11-5-7-14(25-2)12(18)9-11/h4-9,21H,3H2,1-2H3,(H,19,20,22). The van der Waals surface area contributed by atoms with Gasteiger partial charge in [0.05, 0.1) is 32.9 Å². The Morgan fingerprint density at radius 3 is 2.70 bits per heavy atom. The highest BCUT2D eigenvalue weighted by Gasteiger charge is 2.17. The SMILES string of the molecule is CCC(=O)Nc1nc2ccc(NS(=O)(=O)c3ccc(OC)c(Cl)c3)cc2s1. The third-order valence-corrected chi connectivity index (χ3v) is 6.25. The first-order valence-electron chi connectivity index (χ1n) is 7.89. The molecule has 0 aliphatic rings. The molecule has 0 radical (unpaired) electrons. The lowest BCUT2D eigenvalue weighted by Gasteiger charge is -2.10. The zero-order valence-corrected chi connectivity index (χ0v) is 16.8. The number of amides is 1. The van der Waals surface area contributed by atoms with Crippen LogP contribution in [0.1, 0.15) is 13.3 Å². The maximum absolute atomic E-state index is 12.6. The van der Waals surface area contributed by atoms with Crippen molar-refractivity contribution in [2.45, 2.75) is 18.2 Å². The van der Waals surface area contributed by atoms with E-state index in [0.29, 0.717) is 28.5 Å². The molecule has 0 saturated carbocycles. The highest BCUT2D eigenvalue weighted by atomic mass is 35.5. The second-order valence-corrected chi connectivity index (χ2v) is 8.63. The summed E-state index contributed by atoms with van der Waals surface area (Å²) < 4.78 is 33.5. The van der Waals surface area contributed by atoms with Gasteiger partial charge in [-0.2, -0.15) is 0 Å². The van der Waals surface area contributed by atoms with Gasteiger partial charge in [-0.25, -0.2) is 13.4 Å².